The van der Waals surface area contributed by atoms with E-state index in [1.807, 2.05) is 6.92 Å². The summed E-state index contributed by atoms with van der Waals surface area (Å²) in [5.41, 5.74) is 0.829. The van der Waals surface area contributed by atoms with E-state index in [1.165, 1.54) is 12.3 Å². The van der Waals surface area contributed by atoms with Gasteiger partial charge in [0.25, 0.3) is 0 Å². The number of pyridine rings is 1. The van der Waals surface area contributed by atoms with Crippen molar-refractivity contribution in [1.29, 1.82) is 0 Å². The summed E-state index contributed by atoms with van der Waals surface area (Å²) in [7, 11) is 0. The molecule has 1 aromatic heterocycles. The minimum Gasteiger partial charge on any atom is -0.462 e. The van der Waals surface area contributed by atoms with Crippen LogP contribution in [0.15, 0.2) is 17.1 Å². The van der Waals surface area contributed by atoms with Crippen LogP contribution in [0.2, 0.25) is 10.0 Å². The normalized spacial score (nSPS) is 16.8. The third-order valence-electron chi connectivity index (χ3n) is 3.66. The largest absolute Gasteiger partial charge is 0.462 e. The smallest absolute Gasteiger partial charge is 0.343 e. The van der Waals surface area contributed by atoms with Crippen LogP contribution < -0.4 is 5.43 Å². The summed E-state index contributed by atoms with van der Waals surface area (Å²) >= 11 is 12.3. The zero-order valence-corrected chi connectivity index (χ0v) is 13.5. The van der Waals surface area contributed by atoms with Crippen LogP contribution in [-0.2, 0) is 16.1 Å². The van der Waals surface area contributed by atoms with Crippen LogP contribution >= 0.6 is 23.2 Å². The summed E-state index contributed by atoms with van der Waals surface area (Å²) in [5.74, 6) is -0.663. The summed E-state index contributed by atoms with van der Waals surface area (Å²) in [6, 6.07) is 1.49. The molecule has 1 unspecified atom stereocenters. The molecule has 7 heteroatoms. The Morgan fingerprint density at radius 1 is 1.50 bits per heavy atom. The van der Waals surface area contributed by atoms with Crippen LogP contribution in [-0.4, -0.2) is 17.1 Å². The summed E-state index contributed by atoms with van der Waals surface area (Å²) in [6.45, 7) is 3.95. The molecule has 0 radical (unpaired) electrons. The topological polar surface area (TPSA) is 57.5 Å². The molecule has 0 spiro atoms. The average Bonchev–Trinajstić information content (AvgIpc) is 2.48. The number of carbonyl (C=O) groups is 1. The lowest BCUT2D eigenvalue weighted by molar-refractivity contribution is -0.00191. The second kappa shape index (κ2) is 5.57. The van der Waals surface area contributed by atoms with Gasteiger partial charge in [-0.3, -0.25) is 4.79 Å². The monoisotopic (exact) mass is 341 g/mol. The van der Waals surface area contributed by atoms with Crippen molar-refractivity contribution >= 4 is 40.1 Å². The molecular formula is C15H13Cl2NO4. The fraction of sp³-hybridized carbons (Fsp3) is 0.333. The number of rotatable bonds is 2. The molecule has 3 rings (SSSR count). The molecule has 1 aliphatic rings. The van der Waals surface area contributed by atoms with Crippen LogP contribution in [0.1, 0.15) is 36.0 Å². The Kier molecular flexibility index (Phi) is 3.89. The van der Waals surface area contributed by atoms with Crippen molar-refractivity contribution in [2.24, 2.45) is 0 Å². The number of hydrogen-bond acceptors (Lipinski definition) is 4. The third kappa shape index (κ3) is 2.20. The average molecular weight is 342 g/mol. The van der Waals surface area contributed by atoms with Crippen molar-refractivity contribution in [2.75, 3.05) is 6.61 Å². The zero-order valence-electron chi connectivity index (χ0n) is 12.0. The molecule has 0 aliphatic carbocycles. The second-order valence-corrected chi connectivity index (χ2v) is 5.74. The third-order valence-corrected chi connectivity index (χ3v) is 4.48. The number of carbonyl (C=O) groups excluding carboxylic acids is 1. The van der Waals surface area contributed by atoms with Crippen molar-refractivity contribution < 1.29 is 14.3 Å². The molecular weight excluding hydrogens is 329 g/mol. The quantitative estimate of drug-likeness (QED) is 0.784. The van der Waals surface area contributed by atoms with E-state index in [4.69, 9.17) is 32.7 Å². The van der Waals surface area contributed by atoms with Crippen LogP contribution in [0, 0.1) is 0 Å². The molecule has 0 saturated heterocycles. The first-order valence-corrected chi connectivity index (χ1v) is 7.55. The number of benzene rings is 1. The minimum absolute atomic E-state index is 0.0453. The van der Waals surface area contributed by atoms with Gasteiger partial charge in [0, 0.05) is 17.1 Å². The predicted molar refractivity (Wildman–Crippen MR) is 83.7 cm³/mol. The highest BCUT2D eigenvalue weighted by atomic mass is 35.5. The van der Waals surface area contributed by atoms with Crippen LogP contribution in [0.4, 0.5) is 0 Å². The number of aromatic nitrogens is 1. The second-order valence-electron chi connectivity index (χ2n) is 4.96. The van der Waals surface area contributed by atoms with Gasteiger partial charge in [0.15, 0.2) is 0 Å². The molecule has 0 saturated carbocycles. The van der Waals surface area contributed by atoms with E-state index in [9.17, 15) is 9.59 Å². The molecule has 0 fully saturated rings. The van der Waals surface area contributed by atoms with E-state index in [-0.39, 0.29) is 30.0 Å². The molecule has 5 nitrogen and oxygen atoms in total. The molecule has 2 heterocycles. The molecule has 0 bridgehead atoms. The lowest BCUT2D eigenvalue weighted by Crippen LogP contribution is -2.26. The van der Waals surface area contributed by atoms with Gasteiger partial charge in [-0.05, 0) is 19.9 Å². The van der Waals surface area contributed by atoms with Crippen LogP contribution in [0.5, 0.6) is 0 Å². The maximum Gasteiger partial charge on any atom is 0.343 e. The molecule has 116 valence electrons. The fourth-order valence-corrected chi connectivity index (χ4v) is 3.02. The van der Waals surface area contributed by atoms with Crippen molar-refractivity contribution in [1.82, 2.24) is 4.57 Å². The number of nitrogens with zero attached hydrogens (tertiary/aromatic N) is 1. The van der Waals surface area contributed by atoms with Gasteiger partial charge in [0.1, 0.15) is 11.8 Å². The number of esters is 1. The van der Waals surface area contributed by atoms with Gasteiger partial charge in [0.05, 0.1) is 28.8 Å². The van der Waals surface area contributed by atoms with Crippen molar-refractivity contribution in [2.45, 2.75) is 26.7 Å². The van der Waals surface area contributed by atoms with Crippen molar-refractivity contribution in [3.63, 3.8) is 0 Å². The Hall–Kier alpha value is -1.56. The first kappa shape index (κ1) is 15.3. The molecule has 1 aromatic carbocycles. The van der Waals surface area contributed by atoms with E-state index in [2.05, 4.69) is 0 Å². The standard InChI is InChI=1S/C15H13Cl2NO4/c1-3-21-15(20)9-5-18-7(2)22-6-10-12(17)11(16)4-8(13(10)18)14(9)19/h4-5,7H,3,6H2,1-2H3. The number of halogens is 2. The Morgan fingerprint density at radius 2 is 2.23 bits per heavy atom. The first-order valence-electron chi connectivity index (χ1n) is 6.80. The van der Waals surface area contributed by atoms with Gasteiger partial charge in [0.2, 0.25) is 5.43 Å². The lowest BCUT2D eigenvalue weighted by atomic mass is 10.1. The van der Waals surface area contributed by atoms with Gasteiger partial charge in [-0.1, -0.05) is 23.2 Å². The molecule has 22 heavy (non-hydrogen) atoms. The lowest BCUT2D eigenvalue weighted by Gasteiger charge is -2.27. The summed E-state index contributed by atoms with van der Waals surface area (Å²) in [4.78, 5) is 24.6. The molecule has 1 aliphatic heterocycles. The van der Waals surface area contributed by atoms with Gasteiger partial charge in [-0.15, -0.1) is 0 Å². The first-order chi connectivity index (χ1) is 10.5. The van der Waals surface area contributed by atoms with E-state index in [0.29, 0.717) is 21.5 Å². The van der Waals surface area contributed by atoms with Gasteiger partial charge < -0.3 is 14.0 Å². The highest BCUT2D eigenvalue weighted by Crippen LogP contribution is 2.37. The van der Waals surface area contributed by atoms with Crippen molar-refractivity contribution in [3.8, 4) is 0 Å². The summed E-state index contributed by atoms with van der Waals surface area (Å²) < 4.78 is 12.3. The Balaban J connectivity index is 2.42. The SMILES string of the molecule is CCOC(=O)c1cn2c3c(c(Cl)c(Cl)cc3c1=O)COC2C. The Morgan fingerprint density at radius 3 is 2.91 bits per heavy atom. The predicted octanol–water partition coefficient (Wildman–Crippen LogP) is 3.53. The highest BCUT2D eigenvalue weighted by molar-refractivity contribution is 6.43. The molecule has 2 aromatic rings. The van der Waals surface area contributed by atoms with E-state index in [0.717, 1.165) is 0 Å². The van der Waals surface area contributed by atoms with E-state index in [1.54, 1.807) is 11.5 Å². The summed E-state index contributed by atoms with van der Waals surface area (Å²) in [5, 5.41) is 0.954. The zero-order chi connectivity index (χ0) is 16.0. The number of ether oxygens (including phenoxy) is 2. The van der Waals surface area contributed by atoms with Gasteiger partial charge >= 0.3 is 5.97 Å². The molecule has 0 amide bonds. The van der Waals surface area contributed by atoms with E-state index >= 15 is 0 Å². The number of hydrogen-bond donors (Lipinski definition) is 0. The Bertz CT molecular complexity index is 844. The molecule has 0 N–H and O–H groups in total. The van der Waals surface area contributed by atoms with Crippen LogP contribution in [0.25, 0.3) is 10.9 Å². The van der Waals surface area contributed by atoms with Crippen molar-refractivity contribution in [3.05, 3.63) is 43.7 Å². The minimum atomic E-state index is -0.663. The van der Waals surface area contributed by atoms with Crippen LogP contribution in [0.3, 0.4) is 0 Å². The maximum absolute atomic E-state index is 12.6. The highest BCUT2D eigenvalue weighted by Gasteiger charge is 2.26. The van der Waals surface area contributed by atoms with Gasteiger partial charge in [-0.2, -0.15) is 0 Å². The van der Waals surface area contributed by atoms with Gasteiger partial charge in [-0.25, -0.2) is 4.79 Å². The Labute approximate surface area is 136 Å². The van der Waals surface area contributed by atoms with E-state index < -0.39 is 11.4 Å². The fourth-order valence-electron chi connectivity index (χ4n) is 2.60. The molecule has 1 atom stereocenters. The summed E-state index contributed by atoms with van der Waals surface area (Å²) in [6.07, 6.45) is 1.13. The maximum atomic E-state index is 12.6.